The predicted molar refractivity (Wildman–Crippen MR) is 295 cm³/mol. The Balaban J connectivity index is 1.36. The average molecular weight is 1110 g/mol. The van der Waals surface area contributed by atoms with Crippen LogP contribution >= 0.6 is 0 Å². The second-order valence-corrected chi connectivity index (χ2v) is 23.3. The van der Waals surface area contributed by atoms with Gasteiger partial charge in [0.2, 0.25) is 17.7 Å². The molecule has 3 saturated heterocycles. The van der Waals surface area contributed by atoms with Gasteiger partial charge in [0.1, 0.15) is 35.7 Å². The number of piperidine rings is 1. The van der Waals surface area contributed by atoms with Gasteiger partial charge in [-0.25, -0.2) is 9.82 Å². The van der Waals surface area contributed by atoms with Gasteiger partial charge in [-0.2, -0.15) is 0 Å². The summed E-state index contributed by atoms with van der Waals surface area (Å²) in [6.45, 7) is 18.0. The first-order valence-electron chi connectivity index (χ1n) is 28.5. The van der Waals surface area contributed by atoms with E-state index in [-0.39, 0.29) is 79.9 Å². The molecule has 0 aromatic heterocycles. The number of phenolic OH excluding ortho intramolecular Hbond substituents is 1. The van der Waals surface area contributed by atoms with Gasteiger partial charge in [-0.3, -0.25) is 29.0 Å². The molecule has 79 heavy (non-hydrogen) atoms. The van der Waals surface area contributed by atoms with Crippen molar-refractivity contribution in [3.05, 3.63) is 77.7 Å². The summed E-state index contributed by atoms with van der Waals surface area (Å²) in [5, 5.41) is 65.8. The lowest BCUT2D eigenvalue weighted by Gasteiger charge is -2.56. The number of aliphatic hydroxyl groups excluding tert-OH is 4. The Hall–Kier alpha value is -5.31. The number of aromatic hydroxyl groups is 1. The van der Waals surface area contributed by atoms with E-state index in [0.717, 1.165) is 12.1 Å². The number of nitrogens with one attached hydrogen (secondary N) is 4. The molecule has 19 heteroatoms. The Labute approximate surface area is 466 Å². The minimum atomic E-state index is -1.47. The van der Waals surface area contributed by atoms with Gasteiger partial charge >= 0.3 is 5.97 Å². The molecule has 4 aliphatic heterocycles. The largest absolute Gasteiger partial charge is 0.505 e. The number of fused-ring (bicyclic) bond motifs is 2. The molecule has 4 amide bonds. The molecule has 1 spiro atoms. The topological polar surface area (TPSA) is 273 Å². The van der Waals surface area contributed by atoms with E-state index >= 15 is 0 Å². The first-order valence-corrected chi connectivity index (χ1v) is 28.5. The van der Waals surface area contributed by atoms with Gasteiger partial charge < -0.3 is 55.8 Å². The summed E-state index contributed by atoms with van der Waals surface area (Å²) in [5.74, 6) is -8.28. The molecule has 4 aliphatic rings. The van der Waals surface area contributed by atoms with Gasteiger partial charge in [0.25, 0.3) is 5.91 Å². The van der Waals surface area contributed by atoms with E-state index in [1.807, 2.05) is 59.8 Å². The third kappa shape index (κ3) is 16.9. The van der Waals surface area contributed by atoms with Crippen LogP contribution < -0.4 is 21.4 Å². The smallest absolute Gasteiger partial charge is 0.325 e. The fourth-order valence-electron chi connectivity index (χ4n) is 11.3. The Kier molecular flexibility index (Phi) is 24.0. The highest BCUT2D eigenvalue weighted by Crippen LogP contribution is 2.46. The molecule has 2 unspecified atom stereocenters. The second kappa shape index (κ2) is 29.4. The highest BCUT2D eigenvalue weighted by atomic mass is 19.1. The third-order valence-electron chi connectivity index (χ3n) is 17.0. The van der Waals surface area contributed by atoms with Crippen LogP contribution in [0.1, 0.15) is 139 Å². The molecule has 5 rings (SSSR count). The number of Topliss-reactive ketones (excluding diaryl/α,β-unsaturated/α-hetero) is 1. The lowest BCUT2D eigenvalue weighted by molar-refractivity contribution is -0.267. The number of allylic oxidation sites excluding steroid dienone is 5. The number of phenols is 1. The number of amides is 4. The summed E-state index contributed by atoms with van der Waals surface area (Å²) in [5.41, 5.74) is 2.95. The van der Waals surface area contributed by atoms with Crippen molar-refractivity contribution >= 4 is 35.4 Å². The van der Waals surface area contributed by atoms with Crippen LogP contribution in [0, 0.1) is 53.2 Å². The molecule has 0 aliphatic carbocycles. The maximum atomic E-state index is 14.5. The van der Waals surface area contributed by atoms with Crippen LogP contribution in [0.25, 0.3) is 0 Å². The Morgan fingerprint density at radius 1 is 0.962 bits per heavy atom. The number of cyclic esters (lactones) is 1. The zero-order chi connectivity index (χ0) is 58.5. The SMILES string of the molecule is CC[C@H]1C[C@H](C)[C@@]2(NC1=O)O[C@@H](C[C@H](O)[C@@H](C)CC/C=C/C=C(\C)[C@@H]1C/C=C/C=C/[C@H](O)[C@H](C)[C@@H](O)[C@@H](CCC(C)=O)C(=O)N[C@@H](C(C)C)C(=O)NC(Cc3ccc(F)c(O)c3)C(=O)N3CCCC(N3)C(=O)O1)[C@H](C)[C@H](O)[C@@H]2C. The van der Waals surface area contributed by atoms with Crippen molar-refractivity contribution in [2.75, 3.05) is 6.54 Å². The average Bonchev–Trinajstić information content (AvgIpc) is 3.60. The number of esters is 1. The fraction of sp³-hybridized carbons (Fsp3) is 0.667. The molecule has 9 N–H and O–H groups in total. The van der Waals surface area contributed by atoms with Crippen molar-refractivity contribution in [3.8, 4) is 5.75 Å². The minimum absolute atomic E-state index is 0.0341. The summed E-state index contributed by atoms with van der Waals surface area (Å²) in [7, 11) is 0. The van der Waals surface area contributed by atoms with Gasteiger partial charge in [0.05, 0.1) is 36.4 Å². The van der Waals surface area contributed by atoms with Crippen LogP contribution in [-0.4, -0.2) is 133 Å². The molecule has 2 bridgehead atoms. The van der Waals surface area contributed by atoms with Crippen LogP contribution in [0.15, 0.2) is 66.3 Å². The molecule has 1 aromatic rings. The van der Waals surface area contributed by atoms with Crippen molar-refractivity contribution in [2.45, 2.75) is 200 Å². The number of carbonyl (C=O) groups excluding carboxylic acids is 6. The number of carbonyl (C=O) groups is 6. The lowest BCUT2D eigenvalue weighted by Crippen LogP contribution is -2.71. The van der Waals surface area contributed by atoms with Crippen molar-refractivity contribution in [3.63, 3.8) is 0 Å². The maximum absolute atomic E-state index is 14.5. The highest BCUT2D eigenvalue weighted by molar-refractivity contribution is 5.93. The molecule has 0 saturated carbocycles. The first-order chi connectivity index (χ1) is 37.3. The van der Waals surface area contributed by atoms with Crippen molar-refractivity contribution in [2.24, 2.45) is 47.3 Å². The molecule has 440 valence electrons. The molecular formula is C60H90FN5O13. The van der Waals surface area contributed by atoms with E-state index in [1.54, 1.807) is 39.0 Å². The maximum Gasteiger partial charge on any atom is 0.325 e. The number of halogens is 1. The normalized spacial score (nSPS) is 34.7. The number of rotatable bonds is 15. The van der Waals surface area contributed by atoms with E-state index in [4.69, 9.17) is 9.47 Å². The van der Waals surface area contributed by atoms with Crippen molar-refractivity contribution in [1.82, 2.24) is 26.4 Å². The van der Waals surface area contributed by atoms with Crippen LogP contribution in [-0.2, 0) is 44.7 Å². The highest BCUT2D eigenvalue weighted by Gasteiger charge is 2.57. The Morgan fingerprint density at radius 3 is 2.35 bits per heavy atom. The number of ether oxygens (including phenoxy) is 2. The molecule has 18 nitrogen and oxygen atoms in total. The second-order valence-electron chi connectivity index (χ2n) is 23.3. The fourth-order valence-corrected chi connectivity index (χ4v) is 11.3. The number of hydrogen-bond donors (Lipinski definition) is 9. The van der Waals surface area contributed by atoms with Crippen molar-refractivity contribution < 1.29 is 68.2 Å². The van der Waals surface area contributed by atoms with Gasteiger partial charge in [-0.05, 0) is 93.9 Å². The molecule has 17 atom stereocenters. The number of hydrazine groups is 1. The van der Waals surface area contributed by atoms with Crippen LogP contribution in [0.5, 0.6) is 5.75 Å². The number of ketones is 1. The summed E-state index contributed by atoms with van der Waals surface area (Å²) >= 11 is 0. The zero-order valence-corrected chi connectivity index (χ0v) is 47.9. The standard InChI is InChI=1S/C60H90FN5O13/c1-11-42-29-36(6)60(64-55(42)73)40(10)53(71)39(9)51(79-60)32-48(69)34(4)19-14-12-15-20-35(5)50-23-17-13-16-22-47(68)38(8)54(72)43(26-24-37(7)67)56(74)63-52(33(2)3)57(75)62-46(30-41-25-27-44(61)49(70)31-41)58(76)66-28-18-21-45(65-66)59(77)78-50/h12-13,15-17,20,22,25,27,31,33-34,36,38-40,42-43,45-48,50-54,65,68-72H,11,14,18-19,21,23-24,26,28-30,32H2,1-10H3,(H,62,75)(H,63,74)(H,64,73)/b15-12+,17-13+,22-16+,35-20+/t34-,36-,38-,39-,40-,42-,43+,45?,46?,47-,48-,50-,51-,52-,53-,54+,60+/m0/s1. The Morgan fingerprint density at radius 2 is 1.68 bits per heavy atom. The lowest BCUT2D eigenvalue weighted by atomic mass is 9.69. The number of nitrogens with zero attached hydrogens (tertiary/aromatic N) is 1. The summed E-state index contributed by atoms with van der Waals surface area (Å²) in [6.07, 6.45) is 9.96. The van der Waals surface area contributed by atoms with Gasteiger partial charge in [0.15, 0.2) is 11.6 Å². The van der Waals surface area contributed by atoms with Crippen LogP contribution in [0.2, 0.25) is 0 Å². The summed E-state index contributed by atoms with van der Waals surface area (Å²) < 4.78 is 27.1. The summed E-state index contributed by atoms with van der Waals surface area (Å²) in [4.78, 5) is 82.2. The monoisotopic (exact) mass is 1110 g/mol. The third-order valence-corrected chi connectivity index (χ3v) is 17.0. The van der Waals surface area contributed by atoms with E-state index < -0.39 is 113 Å². The van der Waals surface area contributed by atoms with Crippen molar-refractivity contribution in [1.29, 1.82) is 0 Å². The molecule has 0 radical (unpaired) electrons. The zero-order valence-electron chi connectivity index (χ0n) is 47.9. The van der Waals surface area contributed by atoms with E-state index in [1.165, 1.54) is 24.1 Å². The molecular weight excluding hydrogens is 1020 g/mol. The van der Waals surface area contributed by atoms with E-state index in [2.05, 4.69) is 21.4 Å². The quantitative estimate of drug-likeness (QED) is 0.0771. The van der Waals surface area contributed by atoms with Gasteiger partial charge in [-0.1, -0.05) is 104 Å². The van der Waals surface area contributed by atoms with Crippen LogP contribution in [0.3, 0.4) is 0 Å². The molecule has 3 fully saturated rings. The predicted octanol–water partition coefficient (Wildman–Crippen LogP) is 5.55. The van der Waals surface area contributed by atoms with Crippen LogP contribution in [0.4, 0.5) is 4.39 Å². The number of benzene rings is 1. The summed E-state index contributed by atoms with van der Waals surface area (Å²) in [6, 6.07) is -0.0791. The van der Waals surface area contributed by atoms with E-state index in [0.29, 0.717) is 49.7 Å². The molecule has 1 aromatic carbocycles. The Bertz CT molecular complexity index is 2400. The molecule has 4 heterocycles. The number of hydrogen-bond acceptors (Lipinski definition) is 14. The van der Waals surface area contributed by atoms with Gasteiger partial charge in [-0.15, -0.1) is 0 Å². The van der Waals surface area contributed by atoms with E-state index in [9.17, 15) is 58.7 Å². The first kappa shape index (κ1) is 64.5. The van der Waals surface area contributed by atoms with Gasteiger partial charge in [0, 0.05) is 61.8 Å². The number of aliphatic hydroxyl groups is 4. The minimum Gasteiger partial charge on any atom is -0.505 e.